The Kier molecular flexibility index (Phi) is 14.6. The van der Waals surface area contributed by atoms with Crippen LogP contribution in [0.15, 0.2) is 96.6 Å². The molecule has 1 spiro atoms. The molecular weight excluding hydrogens is 826 g/mol. The Bertz CT molecular complexity index is 2190. The number of nitrogens with zero attached hydrogens (tertiary/aromatic N) is 1. The molecule has 16 heteroatoms. The number of rotatable bonds is 15. The molecule has 0 radical (unpaired) electrons. The van der Waals surface area contributed by atoms with Gasteiger partial charge in [-0.1, -0.05) is 66.7 Å². The average Bonchev–Trinajstić information content (AvgIpc) is 3.79. The van der Waals surface area contributed by atoms with E-state index in [1.54, 1.807) is 39.0 Å². The fourth-order valence-corrected chi connectivity index (χ4v) is 7.79. The van der Waals surface area contributed by atoms with Gasteiger partial charge < -0.3 is 39.0 Å². The first kappa shape index (κ1) is 46.7. The van der Waals surface area contributed by atoms with Gasteiger partial charge in [-0.2, -0.15) is 13.2 Å². The molecule has 3 aliphatic rings. The lowest BCUT2D eigenvalue weighted by Crippen LogP contribution is -2.53. The fraction of sp³-hybridized carbons (Fsp3) is 0.426. The molecule has 1 fully saturated rings. The van der Waals surface area contributed by atoms with Crippen LogP contribution < -0.4 is 5.32 Å². The molecule has 1 heterocycles. The van der Waals surface area contributed by atoms with Crippen molar-refractivity contribution in [2.24, 2.45) is 0 Å². The van der Waals surface area contributed by atoms with Gasteiger partial charge in [0.2, 0.25) is 11.8 Å². The number of alkyl halides is 3. The molecule has 2 amide bonds. The van der Waals surface area contributed by atoms with Crippen LogP contribution in [0, 0.1) is 0 Å². The van der Waals surface area contributed by atoms with E-state index in [-0.39, 0.29) is 36.8 Å². The maximum absolute atomic E-state index is 14.6. The Morgan fingerprint density at radius 3 is 2.29 bits per heavy atom. The van der Waals surface area contributed by atoms with Crippen LogP contribution in [-0.2, 0) is 62.1 Å². The second-order valence-corrected chi connectivity index (χ2v) is 16.9. The number of nitrogens with one attached hydrogen (secondary N) is 1. The molecule has 5 atom stereocenters. The topological polar surface area (TPSA) is 167 Å². The van der Waals surface area contributed by atoms with Gasteiger partial charge in [0.05, 0.1) is 18.2 Å². The van der Waals surface area contributed by atoms with Crippen LogP contribution in [0.2, 0.25) is 0 Å². The van der Waals surface area contributed by atoms with Gasteiger partial charge in [0, 0.05) is 50.8 Å². The lowest BCUT2D eigenvalue weighted by atomic mass is 9.90. The average molecular weight is 877 g/mol. The second-order valence-electron chi connectivity index (χ2n) is 16.9. The third kappa shape index (κ3) is 12.6. The van der Waals surface area contributed by atoms with Crippen LogP contribution in [0.1, 0.15) is 72.6 Å². The first-order chi connectivity index (χ1) is 29.8. The quantitative estimate of drug-likeness (QED) is 0.111. The monoisotopic (exact) mass is 876 g/mol. The van der Waals surface area contributed by atoms with E-state index in [1.165, 1.54) is 42.3 Å². The minimum absolute atomic E-state index is 0.0449. The number of amides is 2. The minimum atomic E-state index is -4.69. The van der Waals surface area contributed by atoms with Crippen molar-refractivity contribution >= 4 is 35.8 Å². The lowest BCUT2D eigenvalue weighted by Gasteiger charge is -2.34. The van der Waals surface area contributed by atoms with E-state index in [4.69, 9.17) is 18.9 Å². The zero-order valence-corrected chi connectivity index (χ0v) is 35.4. The number of likely N-dealkylation sites (N-methyl/N-ethyl adjacent to an activating group) is 1. The van der Waals surface area contributed by atoms with Gasteiger partial charge in [-0.3, -0.25) is 14.4 Å². The summed E-state index contributed by atoms with van der Waals surface area (Å²) in [7, 11) is 1.48. The van der Waals surface area contributed by atoms with E-state index in [0.29, 0.717) is 18.4 Å². The van der Waals surface area contributed by atoms with Gasteiger partial charge in [-0.15, -0.1) is 0 Å². The highest BCUT2D eigenvalue weighted by atomic mass is 19.4. The van der Waals surface area contributed by atoms with Crippen LogP contribution in [0.5, 0.6) is 0 Å². The van der Waals surface area contributed by atoms with Crippen molar-refractivity contribution in [2.75, 3.05) is 20.3 Å². The van der Waals surface area contributed by atoms with Gasteiger partial charge in [0.15, 0.2) is 12.4 Å². The number of aliphatic hydroxyl groups is 1. The van der Waals surface area contributed by atoms with E-state index in [9.17, 15) is 42.3 Å². The number of carbonyl (C=O) groups excluding carboxylic acids is 5. The van der Waals surface area contributed by atoms with E-state index < -0.39 is 90.9 Å². The third-order valence-electron chi connectivity index (χ3n) is 10.7. The summed E-state index contributed by atoms with van der Waals surface area (Å²) in [6.45, 7) is 2.99. The zero-order chi connectivity index (χ0) is 45.5. The van der Waals surface area contributed by atoms with Crippen molar-refractivity contribution in [1.29, 1.82) is 0 Å². The van der Waals surface area contributed by atoms with Crippen molar-refractivity contribution in [3.8, 4) is 0 Å². The number of ether oxygens (including phenoxy) is 5. The number of fused-ring (bicyclic) bond motifs is 2. The summed E-state index contributed by atoms with van der Waals surface area (Å²) in [5.41, 5.74) is 2.63. The van der Waals surface area contributed by atoms with Crippen LogP contribution in [0.25, 0.3) is 6.08 Å². The molecule has 336 valence electrons. The molecule has 2 N–H and O–H groups in total. The Labute approximate surface area is 363 Å². The zero-order valence-electron chi connectivity index (χ0n) is 35.4. The third-order valence-corrected chi connectivity index (χ3v) is 10.7. The number of benzene rings is 3. The molecule has 0 unspecified atom stereocenters. The first-order valence-electron chi connectivity index (χ1n) is 20.6. The summed E-state index contributed by atoms with van der Waals surface area (Å²) in [6.07, 6.45) is -2.97. The molecule has 0 aromatic heterocycles. The standard InChI is InChI=1S/C47H51F3N2O11/c1-45(2,3)62-40(55)20-18-35(27-53)51-42(56)36(22-29-11-6-5-7-12-29)52(4)43(57)34-23-37(41-38(24-34)61-46(63-41)25-32-14-8-9-15-33(32)26-46)60-44(58)31-16-10-13-30(21-31)17-19-39(54)59-28-47(48,49)50/h5-17,19,21,24,35-38,41,53H,18,20,22-23,25-28H2,1-4H3,(H,51,56)/t35-,36+,37+,38+,41-/m0/s1. The Morgan fingerprint density at radius 2 is 1.63 bits per heavy atom. The number of carbonyl (C=O) groups is 5. The summed E-state index contributed by atoms with van der Waals surface area (Å²) in [6, 6.07) is 20.8. The highest BCUT2D eigenvalue weighted by molar-refractivity contribution is 5.97. The molecule has 13 nitrogen and oxygen atoms in total. The largest absolute Gasteiger partial charge is 0.460 e. The molecule has 0 saturated carbocycles. The summed E-state index contributed by atoms with van der Waals surface area (Å²) in [5.74, 6) is -4.75. The molecular formula is C47H51F3N2O11. The fourth-order valence-electron chi connectivity index (χ4n) is 7.79. The van der Waals surface area contributed by atoms with Crippen LogP contribution in [-0.4, -0.2) is 108 Å². The number of hydrogen-bond donors (Lipinski definition) is 2. The van der Waals surface area contributed by atoms with Crippen LogP contribution in [0.3, 0.4) is 0 Å². The first-order valence-corrected chi connectivity index (χ1v) is 20.6. The molecule has 3 aromatic carbocycles. The van der Waals surface area contributed by atoms with Gasteiger partial charge in [-0.05, 0) is 73.7 Å². The molecule has 0 bridgehead atoms. The summed E-state index contributed by atoms with van der Waals surface area (Å²) in [4.78, 5) is 68.1. The number of aliphatic hydroxyl groups excluding tert-OH is 1. The molecule has 1 saturated heterocycles. The van der Waals surface area contributed by atoms with E-state index in [2.05, 4.69) is 10.1 Å². The highest BCUT2D eigenvalue weighted by Gasteiger charge is 2.55. The van der Waals surface area contributed by atoms with Crippen molar-refractivity contribution < 1.29 is 65.9 Å². The van der Waals surface area contributed by atoms with Crippen LogP contribution in [0.4, 0.5) is 13.2 Å². The summed E-state index contributed by atoms with van der Waals surface area (Å²) >= 11 is 0. The SMILES string of the molecule is CN(C(=O)C1=C[C@H]2OC3(Cc4ccccc4C3)O[C@H]2[C@H](OC(=O)c2cccc(C=CC(=O)OCC(F)(F)F)c2)C1)[C@H](Cc1ccccc1)C(=O)N[C@H](CO)CCC(=O)OC(C)(C)C. The number of esters is 3. The molecule has 2 aliphatic carbocycles. The molecule has 1 aliphatic heterocycles. The van der Waals surface area contributed by atoms with E-state index >= 15 is 0 Å². The van der Waals surface area contributed by atoms with Gasteiger partial charge in [0.1, 0.15) is 30.0 Å². The maximum atomic E-state index is 14.6. The predicted molar refractivity (Wildman–Crippen MR) is 222 cm³/mol. The molecule has 63 heavy (non-hydrogen) atoms. The van der Waals surface area contributed by atoms with Gasteiger partial charge in [0.25, 0.3) is 0 Å². The normalized spacial score (nSPS) is 19.9. The van der Waals surface area contributed by atoms with Crippen molar-refractivity contribution in [2.45, 2.75) is 107 Å². The van der Waals surface area contributed by atoms with Crippen molar-refractivity contribution in [3.63, 3.8) is 0 Å². The number of hydrogen-bond acceptors (Lipinski definition) is 11. The van der Waals surface area contributed by atoms with E-state index in [0.717, 1.165) is 22.8 Å². The smallest absolute Gasteiger partial charge is 0.422 e. The summed E-state index contributed by atoms with van der Waals surface area (Å²) in [5, 5.41) is 13.0. The second kappa shape index (κ2) is 19.7. The van der Waals surface area contributed by atoms with Crippen LogP contribution >= 0.6 is 0 Å². The lowest BCUT2D eigenvalue weighted by molar-refractivity contribution is -0.182. The van der Waals surface area contributed by atoms with Gasteiger partial charge in [-0.25, -0.2) is 9.59 Å². The molecule has 3 aromatic rings. The maximum Gasteiger partial charge on any atom is 0.422 e. The highest BCUT2D eigenvalue weighted by Crippen LogP contribution is 2.45. The predicted octanol–water partition coefficient (Wildman–Crippen LogP) is 5.61. The summed E-state index contributed by atoms with van der Waals surface area (Å²) < 4.78 is 66.4. The Hall–Kier alpha value is -5.84. The van der Waals surface area contributed by atoms with Gasteiger partial charge >= 0.3 is 24.1 Å². The Balaban J connectivity index is 1.23. The Morgan fingerprint density at radius 1 is 0.952 bits per heavy atom. The molecule has 6 rings (SSSR count). The van der Waals surface area contributed by atoms with Crippen molar-refractivity contribution in [1.82, 2.24) is 10.2 Å². The number of halogens is 3. The van der Waals surface area contributed by atoms with Crippen molar-refractivity contribution in [3.05, 3.63) is 124 Å². The van der Waals surface area contributed by atoms with E-state index in [1.807, 2.05) is 42.5 Å². The minimum Gasteiger partial charge on any atom is -0.460 e.